The third-order valence-electron chi connectivity index (χ3n) is 5.09. The molecule has 2 amide bonds. The molecule has 148 valence electrons. The van der Waals surface area contributed by atoms with Gasteiger partial charge in [0.2, 0.25) is 5.91 Å². The number of hydrogen-bond donors (Lipinski definition) is 1. The Morgan fingerprint density at radius 1 is 1.11 bits per heavy atom. The molecule has 4 nitrogen and oxygen atoms in total. The summed E-state index contributed by atoms with van der Waals surface area (Å²) in [5.41, 5.74) is 1.60. The number of nitrogens with zero attached hydrogens (tertiary/aromatic N) is 1. The van der Waals surface area contributed by atoms with Crippen LogP contribution in [-0.2, 0) is 11.2 Å². The van der Waals surface area contributed by atoms with Crippen LogP contribution in [0, 0.1) is 11.7 Å². The highest BCUT2D eigenvalue weighted by Gasteiger charge is 2.28. The third kappa shape index (κ3) is 5.32. The molecule has 1 N–H and O–H groups in total. The molecule has 1 atom stereocenters. The fourth-order valence-corrected chi connectivity index (χ4v) is 3.63. The molecule has 0 aromatic heterocycles. The van der Waals surface area contributed by atoms with Crippen LogP contribution in [0.3, 0.4) is 0 Å². The van der Waals surface area contributed by atoms with E-state index >= 15 is 0 Å². The summed E-state index contributed by atoms with van der Waals surface area (Å²) in [7, 11) is 0. The van der Waals surface area contributed by atoms with Crippen LogP contribution in [0.25, 0.3) is 0 Å². The molecule has 0 bridgehead atoms. The lowest BCUT2D eigenvalue weighted by Gasteiger charge is -2.32. The van der Waals surface area contributed by atoms with Crippen molar-refractivity contribution in [2.24, 2.45) is 5.92 Å². The van der Waals surface area contributed by atoms with Crippen molar-refractivity contribution in [3.05, 3.63) is 70.5 Å². The quantitative estimate of drug-likeness (QED) is 0.819. The van der Waals surface area contributed by atoms with Gasteiger partial charge < -0.3 is 10.2 Å². The van der Waals surface area contributed by atoms with Crippen molar-refractivity contribution in [3.8, 4) is 0 Å². The molecule has 1 heterocycles. The summed E-state index contributed by atoms with van der Waals surface area (Å²) in [6.07, 6.45) is 2.00. The molecule has 1 aliphatic heterocycles. The van der Waals surface area contributed by atoms with E-state index in [9.17, 15) is 14.0 Å². The van der Waals surface area contributed by atoms with Gasteiger partial charge in [-0.1, -0.05) is 23.7 Å². The van der Waals surface area contributed by atoms with E-state index in [1.165, 1.54) is 24.3 Å². The predicted molar refractivity (Wildman–Crippen MR) is 108 cm³/mol. The summed E-state index contributed by atoms with van der Waals surface area (Å²) in [5.74, 6) is -0.533. The van der Waals surface area contributed by atoms with Gasteiger partial charge in [0.25, 0.3) is 5.91 Å². The van der Waals surface area contributed by atoms with Crippen LogP contribution in [0.15, 0.2) is 48.5 Å². The number of halogens is 2. The first-order valence-electron chi connectivity index (χ1n) is 9.52. The molecular formula is C22H24ClFN2O2. The lowest BCUT2D eigenvalue weighted by Crippen LogP contribution is -2.45. The van der Waals surface area contributed by atoms with E-state index in [1.807, 2.05) is 31.2 Å². The van der Waals surface area contributed by atoms with Crippen molar-refractivity contribution in [2.45, 2.75) is 32.2 Å². The van der Waals surface area contributed by atoms with E-state index in [0.717, 1.165) is 12.0 Å². The molecule has 0 spiro atoms. The number of piperidine rings is 1. The number of likely N-dealkylation sites (tertiary alicyclic amines) is 1. The maximum Gasteiger partial charge on any atom is 0.253 e. The maximum atomic E-state index is 13.0. The number of carbonyl (C=O) groups is 2. The molecule has 1 fully saturated rings. The van der Waals surface area contributed by atoms with Crippen molar-refractivity contribution in [2.75, 3.05) is 13.1 Å². The zero-order chi connectivity index (χ0) is 20.1. The first-order valence-corrected chi connectivity index (χ1v) is 9.90. The number of benzene rings is 2. The van der Waals surface area contributed by atoms with E-state index in [2.05, 4.69) is 5.32 Å². The minimum Gasteiger partial charge on any atom is -0.353 e. The van der Waals surface area contributed by atoms with E-state index in [4.69, 9.17) is 11.6 Å². The van der Waals surface area contributed by atoms with Gasteiger partial charge in [-0.3, -0.25) is 9.59 Å². The normalized spacial score (nSPS) is 15.9. The molecule has 3 rings (SSSR count). The minimum atomic E-state index is -0.361. The second-order valence-corrected chi connectivity index (χ2v) is 7.75. The first kappa shape index (κ1) is 20.3. The highest BCUT2D eigenvalue weighted by Crippen LogP contribution is 2.20. The van der Waals surface area contributed by atoms with Crippen LogP contribution in [0.2, 0.25) is 5.02 Å². The molecular weight excluding hydrogens is 379 g/mol. The molecule has 2 aromatic rings. The second kappa shape index (κ2) is 9.20. The Hall–Kier alpha value is -2.40. The SMILES string of the molecule is CC(Cc1ccc(Cl)cc1)NC(=O)C1CCN(C(=O)c2ccc(F)cc2)CC1. The Labute approximate surface area is 169 Å². The van der Waals surface area contributed by atoms with Gasteiger partial charge in [-0.15, -0.1) is 0 Å². The summed E-state index contributed by atoms with van der Waals surface area (Å²) in [6.45, 7) is 3.04. The maximum absolute atomic E-state index is 13.0. The van der Waals surface area contributed by atoms with Crippen LogP contribution >= 0.6 is 11.6 Å². The first-order chi connectivity index (χ1) is 13.4. The zero-order valence-electron chi connectivity index (χ0n) is 15.8. The van der Waals surface area contributed by atoms with Crippen LogP contribution in [0.4, 0.5) is 4.39 Å². The lowest BCUT2D eigenvalue weighted by molar-refractivity contribution is -0.126. The summed E-state index contributed by atoms with van der Waals surface area (Å²) < 4.78 is 13.0. The summed E-state index contributed by atoms with van der Waals surface area (Å²) >= 11 is 5.90. The van der Waals surface area contributed by atoms with Crippen LogP contribution in [-0.4, -0.2) is 35.8 Å². The average molecular weight is 403 g/mol. The molecule has 0 saturated carbocycles. The third-order valence-corrected chi connectivity index (χ3v) is 5.34. The second-order valence-electron chi connectivity index (χ2n) is 7.31. The van der Waals surface area contributed by atoms with Gasteiger partial charge >= 0.3 is 0 Å². The molecule has 1 unspecified atom stereocenters. The zero-order valence-corrected chi connectivity index (χ0v) is 16.6. The topological polar surface area (TPSA) is 49.4 Å². The summed E-state index contributed by atoms with van der Waals surface area (Å²) in [4.78, 5) is 26.8. The van der Waals surface area contributed by atoms with Gasteiger partial charge in [0.15, 0.2) is 0 Å². The molecule has 6 heteroatoms. The van der Waals surface area contributed by atoms with E-state index < -0.39 is 0 Å². The Morgan fingerprint density at radius 2 is 1.71 bits per heavy atom. The van der Waals surface area contributed by atoms with Crippen molar-refractivity contribution < 1.29 is 14.0 Å². The standard InChI is InChI=1S/C22H24ClFN2O2/c1-15(14-16-2-6-19(23)7-3-16)25-21(27)17-10-12-26(13-11-17)22(28)18-4-8-20(24)9-5-18/h2-9,15,17H,10-14H2,1H3,(H,25,27). The number of carbonyl (C=O) groups excluding carboxylic acids is 2. The highest BCUT2D eigenvalue weighted by molar-refractivity contribution is 6.30. The largest absolute Gasteiger partial charge is 0.353 e. The van der Waals surface area contributed by atoms with Crippen LogP contribution in [0.1, 0.15) is 35.7 Å². The fourth-order valence-electron chi connectivity index (χ4n) is 3.51. The average Bonchev–Trinajstić information content (AvgIpc) is 2.70. The van der Waals surface area contributed by atoms with E-state index in [-0.39, 0.29) is 29.6 Å². The smallest absolute Gasteiger partial charge is 0.253 e. The van der Waals surface area contributed by atoms with Crippen molar-refractivity contribution in [1.82, 2.24) is 10.2 Å². The molecule has 0 radical (unpaired) electrons. The van der Waals surface area contributed by atoms with Gasteiger partial charge in [0.1, 0.15) is 5.82 Å². The molecule has 1 saturated heterocycles. The number of amides is 2. The van der Waals surface area contributed by atoms with Crippen molar-refractivity contribution in [3.63, 3.8) is 0 Å². The highest BCUT2D eigenvalue weighted by atomic mass is 35.5. The van der Waals surface area contributed by atoms with E-state index in [0.29, 0.717) is 36.5 Å². The van der Waals surface area contributed by atoms with Gasteiger partial charge in [0, 0.05) is 35.6 Å². The number of rotatable bonds is 5. The Kier molecular flexibility index (Phi) is 6.68. The number of hydrogen-bond acceptors (Lipinski definition) is 2. The van der Waals surface area contributed by atoms with Crippen molar-refractivity contribution in [1.29, 1.82) is 0 Å². The minimum absolute atomic E-state index is 0.0209. The Morgan fingerprint density at radius 3 is 2.32 bits per heavy atom. The molecule has 1 aliphatic rings. The van der Waals surface area contributed by atoms with Gasteiger partial charge in [-0.05, 0) is 68.1 Å². The monoisotopic (exact) mass is 402 g/mol. The predicted octanol–water partition coefficient (Wildman–Crippen LogP) is 4.08. The summed E-state index contributed by atoms with van der Waals surface area (Å²) in [5, 5.41) is 3.77. The molecule has 2 aromatic carbocycles. The lowest BCUT2D eigenvalue weighted by atomic mass is 9.94. The van der Waals surface area contributed by atoms with Crippen molar-refractivity contribution >= 4 is 23.4 Å². The van der Waals surface area contributed by atoms with Gasteiger partial charge in [-0.25, -0.2) is 4.39 Å². The Bertz CT molecular complexity index is 815. The molecule has 28 heavy (non-hydrogen) atoms. The van der Waals surface area contributed by atoms with Gasteiger partial charge in [0.05, 0.1) is 0 Å². The van der Waals surface area contributed by atoms with Crippen LogP contribution in [0.5, 0.6) is 0 Å². The fraction of sp³-hybridized carbons (Fsp3) is 0.364. The summed E-state index contributed by atoms with van der Waals surface area (Å²) in [6, 6.07) is 13.2. The van der Waals surface area contributed by atoms with Crippen LogP contribution < -0.4 is 5.32 Å². The number of nitrogens with one attached hydrogen (secondary N) is 1. The Balaban J connectivity index is 1.47. The molecule has 0 aliphatic carbocycles. The van der Waals surface area contributed by atoms with E-state index in [1.54, 1.807) is 4.90 Å². The van der Waals surface area contributed by atoms with Gasteiger partial charge in [-0.2, -0.15) is 0 Å².